The Balaban J connectivity index is 1.67. The highest BCUT2D eigenvalue weighted by Gasteiger charge is 2.06. The molecule has 0 fully saturated rings. The predicted molar refractivity (Wildman–Crippen MR) is 68.5 cm³/mol. The Morgan fingerprint density at radius 3 is 3.11 bits per heavy atom. The molecule has 18 heavy (non-hydrogen) atoms. The lowest BCUT2D eigenvalue weighted by molar-refractivity contribution is 0.301. The van der Waals surface area contributed by atoms with Crippen LogP contribution in [0.15, 0.2) is 35.2 Å². The molecular weight excluding hydrogens is 230 g/mol. The topological polar surface area (TPSA) is 52.2 Å². The Labute approximate surface area is 107 Å². The molecule has 1 unspecified atom stereocenters. The molecule has 0 spiro atoms. The van der Waals surface area contributed by atoms with Gasteiger partial charge in [0, 0.05) is 13.1 Å². The fraction of sp³-hybridized carbons (Fsp3) is 0.462. The molecule has 98 valence electrons. The van der Waals surface area contributed by atoms with Crippen LogP contribution in [0.3, 0.4) is 0 Å². The molecule has 0 radical (unpaired) electrons. The summed E-state index contributed by atoms with van der Waals surface area (Å²) in [6.07, 6.45) is 5.32. The lowest BCUT2D eigenvalue weighted by Gasteiger charge is -2.11. The summed E-state index contributed by atoms with van der Waals surface area (Å²) in [6.45, 7) is 6.34. The zero-order valence-corrected chi connectivity index (χ0v) is 10.8. The smallest absolute Gasteiger partial charge is 0.157 e. The van der Waals surface area contributed by atoms with E-state index in [-0.39, 0.29) is 6.04 Å². The van der Waals surface area contributed by atoms with Crippen molar-refractivity contribution in [2.45, 2.75) is 26.4 Å². The fourth-order valence-electron chi connectivity index (χ4n) is 1.67. The maximum atomic E-state index is 5.58. The van der Waals surface area contributed by atoms with Gasteiger partial charge in [-0.1, -0.05) is 0 Å². The minimum atomic E-state index is 0.196. The van der Waals surface area contributed by atoms with E-state index in [2.05, 4.69) is 17.3 Å². The van der Waals surface area contributed by atoms with E-state index >= 15 is 0 Å². The van der Waals surface area contributed by atoms with Crippen LogP contribution < -0.4 is 10.1 Å². The van der Waals surface area contributed by atoms with Gasteiger partial charge >= 0.3 is 0 Å². The summed E-state index contributed by atoms with van der Waals surface area (Å²) in [7, 11) is 0. The minimum Gasteiger partial charge on any atom is -0.489 e. The van der Waals surface area contributed by atoms with Gasteiger partial charge in [-0.15, -0.1) is 0 Å². The first kappa shape index (κ1) is 12.7. The molecule has 1 N–H and O–H groups in total. The molecule has 0 aliphatic rings. The third-order valence-electron chi connectivity index (χ3n) is 2.72. The highest BCUT2D eigenvalue weighted by molar-refractivity contribution is 5.11. The van der Waals surface area contributed by atoms with Crippen LogP contribution in [0.4, 0.5) is 0 Å². The minimum absolute atomic E-state index is 0.196. The molecule has 2 aromatic rings. The van der Waals surface area contributed by atoms with E-state index in [1.165, 1.54) is 0 Å². The predicted octanol–water partition coefficient (Wildman–Crippen LogP) is 2.23. The second-order valence-electron chi connectivity index (χ2n) is 4.07. The molecule has 5 nitrogen and oxygen atoms in total. The molecule has 0 saturated carbocycles. The van der Waals surface area contributed by atoms with E-state index in [1.807, 2.05) is 29.9 Å². The van der Waals surface area contributed by atoms with Gasteiger partial charge in [-0.3, -0.25) is 4.68 Å². The molecule has 2 heterocycles. The Bertz CT molecular complexity index is 451. The van der Waals surface area contributed by atoms with Crippen LogP contribution in [0.5, 0.6) is 5.75 Å². The monoisotopic (exact) mass is 249 g/mol. The lowest BCUT2D eigenvalue weighted by Crippen LogP contribution is -2.23. The normalized spacial score (nSPS) is 12.6. The highest BCUT2D eigenvalue weighted by atomic mass is 16.5. The fourth-order valence-corrected chi connectivity index (χ4v) is 1.67. The quantitative estimate of drug-likeness (QED) is 0.764. The van der Waals surface area contributed by atoms with Crippen LogP contribution in [-0.4, -0.2) is 22.9 Å². The van der Waals surface area contributed by atoms with Crippen LogP contribution >= 0.6 is 0 Å². The SMILES string of the molecule is CCn1cc(OCCNC(C)c2ccco2)cn1. The summed E-state index contributed by atoms with van der Waals surface area (Å²) in [5, 5.41) is 7.48. The summed E-state index contributed by atoms with van der Waals surface area (Å²) < 4.78 is 12.7. The number of hydrogen-bond donors (Lipinski definition) is 1. The maximum Gasteiger partial charge on any atom is 0.157 e. The molecule has 2 aromatic heterocycles. The van der Waals surface area contributed by atoms with Crippen LogP contribution in [0.25, 0.3) is 0 Å². The van der Waals surface area contributed by atoms with E-state index in [9.17, 15) is 0 Å². The Morgan fingerprint density at radius 2 is 2.44 bits per heavy atom. The first-order valence-electron chi connectivity index (χ1n) is 6.21. The molecule has 0 saturated heterocycles. The zero-order valence-electron chi connectivity index (χ0n) is 10.8. The average molecular weight is 249 g/mol. The van der Waals surface area contributed by atoms with Crippen molar-refractivity contribution in [3.8, 4) is 5.75 Å². The molecule has 0 aromatic carbocycles. The molecule has 0 aliphatic carbocycles. The molecule has 2 rings (SSSR count). The number of aryl methyl sites for hydroxylation is 1. The number of hydrogen-bond acceptors (Lipinski definition) is 4. The van der Waals surface area contributed by atoms with Crippen molar-refractivity contribution >= 4 is 0 Å². The third-order valence-corrected chi connectivity index (χ3v) is 2.72. The second kappa shape index (κ2) is 6.26. The number of ether oxygens (including phenoxy) is 1. The van der Waals surface area contributed by atoms with Gasteiger partial charge in [-0.05, 0) is 26.0 Å². The molecule has 5 heteroatoms. The van der Waals surface area contributed by atoms with Gasteiger partial charge < -0.3 is 14.5 Å². The number of aromatic nitrogens is 2. The van der Waals surface area contributed by atoms with Gasteiger partial charge in [0.2, 0.25) is 0 Å². The molecule has 0 bridgehead atoms. The first-order valence-corrected chi connectivity index (χ1v) is 6.21. The summed E-state index contributed by atoms with van der Waals surface area (Å²) >= 11 is 0. The average Bonchev–Trinajstić information content (AvgIpc) is 3.05. The van der Waals surface area contributed by atoms with E-state index in [0.717, 1.165) is 24.6 Å². The van der Waals surface area contributed by atoms with Crippen LogP contribution in [0.1, 0.15) is 25.6 Å². The summed E-state index contributed by atoms with van der Waals surface area (Å²) in [5.41, 5.74) is 0. The third kappa shape index (κ3) is 3.37. The number of rotatable bonds is 7. The van der Waals surface area contributed by atoms with Gasteiger partial charge in [0.05, 0.1) is 24.7 Å². The molecule has 0 aliphatic heterocycles. The Kier molecular flexibility index (Phi) is 4.41. The van der Waals surface area contributed by atoms with Crippen molar-refractivity contribution in [3.05, 3.63) is 36.5 Å². The van der Waals surface area contributed by atoms with Gasteiger partial charge in [-0.25, -0.2) is 0 Å². The molecule has 0 amide bonds. The van der Waals surface area contributed by atoms with Gasteiger partial charge in [0.25, 0.3) is 0 Å². The van der Waals surface area contributed by atoms with Crippen molar-refractivity contribution in [2.75, 3.05) is 13.2 Å². The maximum absolute atomic E-state index is 5.58. The van der Waals surface area contributed by atoms with Crippen LogP contribution in [0, 0.1) is 0 Å². The molecule has 1 atom stereocenters. The highest BCUT2D eigenvalue weighted by Crippen LogP contribution is 2.12. The number of furan rings is 1. The van der Waals surface area contributed by atoms with Gasteiger partial charge in [0.1, 0.15) is 12.4 Å². The summed E-state index contributed by atoms with van der Waals surface area (Å²) in [4.78, 5) is 0. The van der Waals surface area contributed by atoms with Crippen LogP contribution in [-0.2, 0) is 6.54 Å². The molecular formula is C13H19N3O2. The first-order chi connectivity index (χ1) is 8.79. The summed E-state index contributed by atoms with van der Waals surface area (Å²) in [5.74, 6) is 1.75. The van der Waals surface area contributed by atoms with Crippen molar-refractivity contribution in [1.29, 1.82) is 0 Å². The number of nitrogens with one attached hydrogen (secondary N) is 1. The van der Waals surface area contributed by atoms with E-state index in [1.54, 1.807) is 12.5 Å². The summed E-state index contributed by atoms with van der Waals surface area (Å²) in [6, 6.07) is 4.05. The largest absolute Gasteiger partial charge is 0.489 e. The van der Waals surface area contributed by atoms with Crippen molar-refractivity contribution in [3.63, 3.8) is 0 Å². The van der Waals surface area contributed by atoms with Crippen molar-refractivity contribution < 1.29 is 9.15 Å². The number of nitrogens with zero attached hydrogens (tertiary/aromatic N) is 2. The zero-order chi connectivity index (χ0) is 12.8. The Morgan fingerprint density at radius 1 is 1.56 bits per heavy atom. The van der Waals surface area contributed by atoms with E-state index in [4.69, 9.17) is 9.15 Å². The van der Waals surface area contributed by atoms with E-state index in [0.29, 0.717) is 6.61 Å². The standard InChI is InChI=1S/C13H19N3O2/c1-3-16-10-12(9-15-16)17-8-6-14-11(2)13-5-4-7-18-13/h4-5,7,9-11,14H,3,6,8H2,1-2H3. The lowest BCUT2D eigenvalue weighted by atomic mass is 10.2. The van der Waals surface area contributed by atoms with Crippen LogP contribution in [0.2, 0.25) is 0 Å². The van der Waals surface area contributed by atoms with E-state index < -0.39 is 0 Å². The second-order valence-corrected chi connectivity index (χ2v) is 4.07. The van der Waals surface area contributed by atoms with Crippen molar-refractivity contribution in [1.82, 2.24) is 15.1 Å². The van der Waals surface area contributed by atoms with Crippen molar-refractivity contribution in [2.24, 2.45) is 0 Å². The van der Waals surface area contributed by atoms with Gasteiger partial charge in [0.15, 0.2) is 5.75 Å². The Hall–Kier alpha value is -1.75. The van der Waals surface area contributed by atoms with Gasteiger partial charge in [-0.2, -0.15) is 5.10 Å².